The predicted octanol–water partition coefficient (Wildman–Crippen LogP) is 1.62. The van der Waals surface area contributed by atoms with E-state index in [1.165, 1.54) is 11.3 Å². The second kappa shape index (κ2) is 6.12. The molecule has 110 valence electrons. The molecule has 2 aliphatic rings. The van der Waals surface area contributed by atoms with Crippen LogP contribution in [0.15, 0.2) is 24.3 Å². The molecule has 0 radical (unpaired) electrons. The predicted molar refractivity (Wildman–Crippen MR) is 80.2 cm³/mol. The van der Waals surface area contributed by atoms with Crippen LogP contribution in [0.2, 0.25) is 0 Å². The van der Waals surface area contributed by atoms with Gasteiger partial charge in [0.05, 0.1) is 12.2 Å². The lowest BCUT2D eigenvalue weighted by molar-refractivity contribution is -0.00461. The van der Waals surface area contributed by atoms with Crippen LogP contribution in [0, 0.1) is 5.92 Å². The van der Waals surface area contributed by atoms with E-state index in [1.54, 1.807) is 14.2 Å². The molecule has 1 aromatic rings. The normalized spacial score (nSPS) is 30.0. The molecule has 3 unspecified atom stereocenters. The van der Waals surface area contributed by atoms with Crippen molar-refractivity contribution in [1.29, 1.82) is 0 Å². The van der Waals surface area contributed by atoms with E-state index in [4.69, 9.17) is 9.47 Å². The Labute approximate surface area is 121 Å². The number of ether oxygens (including phenoxy) is 2. The highest BCUT2D eigenvalue weighted by molar-refractivity contribution is 5.53. The zero-order valence-corrected chi connectivity index (χ0v) is 12.3. The van der Waals surface area contributed by atoms with Crippen molar-refractivity contribution in [2.75, 3.05) is 45.7 Å². The molecule has 1 saturated heterocycles. The average molecular weight is 276 g/mol. The first-order valence-electron chi connectivity index (χ1n) is 7.40. The Balaban J connectivity index is 1.58. The fraction of sp³-hybridized carbons (Fsp3) is 0.625. The van der Waals surface area contributed by atoms with Crippen LogP contribution in [0.3, 0.4) is 0 Å². The average Bonchev–Trinajstić information content (AvgIpc) is 2.89. The van der Waals surface area contributed by atoms with Crippen LogP contribution >= 0.6 is 0 Å². The third-order valence-corrected chi connectivity index (χ3v) is 4.52. The van der Waals surface area contributed by atoms with E-state index in [1.807, 2.05) is 0 Å². The lowest BCUT2D eigenvalue weighted by atomic mass is 9.93. The van der Waals surface area contributed by atoms with Gasteiger partial charge in [-0.2, -0.15) is 0 Å². The van der Waals surface area contributed by atoms with E-state index < -0.39 is 0 Å². The molecule has 2 aliphatic heterocycles. The van der Waals surface area contributed by atoms with Gasteiger partial charge in [-0.15, -0.1) is 0 Å². The summed E-state index contributed by atoms with van der Waals surface area (Å²) in [5, 5.41) is 3.55. The fourth-order valence-corrected chi connectivity index (χ4v) is 3.42. The van der Waals surface area contributed by atoms with Gasteiger partial charge in [0.2, 0.25) is 0 Å². The minimum atomic E-state index is 0.212. The maximum Gasteiger partial charge on any atom is 0.0971 e. The van der Waals surface area contributed by atoms with Crippen molar-refractivity contribution in [3.05, 3.63) is 29.8 Å². The van der Waals surface area contributed by atoms with Gasteiger partial charge in [0, 0.05) is 46.1 Å². The lowest BCUT2D eigenvalue weighted by Crippen LogP contribution is -2.35. The minimum Gasteiger partial charge on any atom is -0.384 e. The molecule has 4 nitrogen and oxygen atoms in total. The molecule has 20 heavy (non-hydrogen) atoms. The number of hydrogen-bond acceptors (Lipinski definition) is 4. The first-order valence-corrected chi connectivity index (χ1v) is 7.40. The van der Waals surface area contributed by atoms with Crippen molar-refractivity contribution < 1.29 is 9.47 Å². The van der Waals surface area contributed by atoms with Crippen molar-refractivity contribution >= 4 is 5.69 Å². The second-order valence-electron chi connectivity index (χ2n) is 5.88. The van der Waals surface area contributed by atoms with Crippen molar-refractivity contribution in [2.24, 2.45) is 5.92 Å². The number of nitrogens with zero attached hydrogens (tertiary/aromatic N) is 1. The van der Waals surface area contributed by atoms with Crippen LogP contribution in [0.1, 0.15) is 5.56 Å². The number of anilines is 1. The largest absolute Gasteiger partial charge is 0.384 e. The third kappa shape index (κ3) is 2.82. The molecular weight excluding hydrogens is 252 g/mol. The van der Waals surface area contributed by atoms with Crippen molar-refractivity contribution in [3.8, 4) is 0 Å². The van der Waals surface area contributed by atoms with Gasteiger partial charge in [-0.1, -0.05) is 18.2 Å². The summed E-state index contributed by atoms with van der Waals surface area (Å²) in [6, 6.07) is 8.62. The van der Waals surface area contributed by atoms with E-state index >= 15 is 0 Å². The zero-order valence-electron chi connectivity index (χ0n) is 12.3. The number of methoxy groups -OCH3 is 2. The number of para-hydroxylation sites is 1. The number of rotatable bonds is 4. The van der Waals surface area contributed by atoms with E-state index in [-0.39, 0.29) is 12.2 Å². The first kappa shape index (κ1) is 13.9. The molecule has 0 aromatic heterocycles. The molecule has 2 heterocycles. The maximum absolute atomic E-state index is 5.51. The van der Waals surface area contributed by atoms with Gasteiger partial charge in [-0.05, 0) is 24.0 Å². The van der Waals surface area contributed by atoms with Crippen LogP contribution in [0.5, 0.6) is 0 Å². The molecule has 1 N–H and O–H groups in total. The molecule has 0 bridgehead atoms. The molecule has 4 heteroatoms. The monoisotopic (exact) mass is 276 g/mol. The summed E-state index contributed by atoms with van der Waals surface area (Å²) in [6.07, 6.45) is 1.59. The smallest absolute Gasteiger partial charge is 0.0971 e. The Morgan fingerprint density at radius 3 is 2.55 bits per heavy atom. The number of likely N-dealkylation sites (tertiary alicyclic amines) is 1. The van der Waals surface area contributed by atoms with Crippen LogP contribution in [-0.4, -0.2) is 57.5 Å². The number of benzene rings is 1. The Hall–Kier alpha value is -1.10. The van der Waals surface area contributed by atoms with Gasteiger partial charge in [-0.3, -0.25) is 4.90 Å². The van der Waals surface area contributed by atoms with Crippen LogP contribution in [0.4, 0.5) is 5.69 Å². The fourth-order valence-electron chi connectivity index (χ4n) is 3.42. The summed E-state index contributed by atoms with van der Waals surface area (Å²) >= 11 is 0. The van der Waals surface area contributed by atoms with Gasteiger partial charge in [0.1, 0.15) is 0 Å². The molecule has 0 aliphatic carbocycles. The van der Waals surface area contributed by atoms with E-state index in [0.29, 0.717) is 5.92 Å². The summed E-state index contributed by atoms with van der Waals surface area (Å²) in [5.41, 5.74) is 2.74. The number of hydrogen-bond donors (Lipinski definition) is 1. The van der Waals surface area contributed by atoms with Crippen molar-refractivity contribution in [1.82, 2.24) is 4.90 Å². The van der Waals surface area contributed by atoms with Crippen LogP contribution < -0.4 is 5.32 Å². The highest BCUT2D eigenvalue weighted by Gasteiger charge is 2.34. The van der Waals surface area contributed by atoms with E-state index in [0.717, 1.165) is 32.6 Å². The standard InChI is InChI=1S/C16H24N2O2/c1-19-15-10-18(11-16(15)20-2)9-12-7-13-5-3-4-6-14(13)17-8-12/h3-6,12,15-17H,7-11H2,1-2H3. The summed E-state index contributed by atoms with van der Waals surface area (Å²) in [6.45, 7) is 4.13. The molecule has 0 amide bonds. The summed E-state index contributed by atoms with van der Waals surface area (Å²) in [4.78, 5) is 2.47. The van der Waals surface area contributed by atoms with Crippen LogP contribution in [-0.2, 0) is 15.9 Å². The lowest BCUT2D eigenvalue weighted by Gasteiger charge is -2.29. The van der Waals surface area contributed by atoms with Crippen LogP contribution in [0.25, 0.3) is 0 Å². The SMILES string of the molecule is COC1CN(CC2CNc3ccccc3C2)CC1OC. The van der Waals surface area contributed by atoms with Crippen molar-refractivity contribution in [3.63, 3.8) is 0 Å². The van der Waals surface area contributed by atoms with Gasteiger partial charge < -0.3 is 14.8 Å². The zero-order chi connectivity index (χ0) is 13.9. The topological polar surface area (TPSA) is 33.7 Å². The Morgan fingerprint density at radius 1 is 1.15 bits per heavy atom. The van der Waals surface area contributed by atoms with Gasteiger partial charge in [0.25, 0.3) is 0 Å². The molecule has 3 atom stereocenters. The Kier molecular flexibility index (Phi) is 4.24. The molecule has 1 aromatic carbocycles. The van der Waals surface area contributed by atoms with Crippen molar-refractivity contribution in [2.45, 2.75) is 18.6 Å². The molecule has 3 rings (SSSR count). The second-order valence-corrected chi connectivity index (χ2v) is 5.88. The van der Waals surface area contributed by atoms with E-state index in [2.05, 4.69) is 34.5 Å². The minimum absolute atomic E-state index is 0.212. The molecular formula is C16H24N2O2. The molecule has 0 saturated carbocycles. The molecule has 1 fully saturated rings. The highest BCUT2D eigenvalue weighted by atomic mass is 16.5. The summed E-state index contributed by atoms with van der Waals surface area (Å²) < 4.78 is 11.0. The maximum atomic E-state index is 5.51. The third-order valence-electron chi connectivity index (χ3n) is 4.52. The molecule has 0 spiro atoms. The Morgan fingerprint density at radius 2 is 1.85 bits per heavy atom. The number of nitrogens with one attached hydrogen (secondary N) is 1. The van der Waals surface area contributed by atoms with Gasteiger partial charge in [-0.25, -0.2) is 0 Å². The first-order chi connectivity index (χ1) is 9.80. The summed E-state index contributed by atoms with van der Waals surface area (Å²) in [7, 11) is 3.55. The Bertz CT molecular complexity index is 440. The number of fused-ring (bicyclic) bond motifs is 1. The van der Waals surface area contributed by atoms with Gasteiger partial charge in [0.15, 0.2) is 0 Å². The van der Waals surface area contributed by atoms with Gasteiger partial charge >= 0.3 is 0 Å². The van der Waals surface area contributed by atoms with E-state index in [9.17, 15) is 0 Å². The summed E-state index contributed by atoms with van der Waals surface area (Å²) in [5.74, 6) is 0.665. The highest BCUT2D eigenvalue weighted by Crippen LogP contribution is 2.26. The quantitative estimate of drug-likeness (QED) is 0.906.